The van der Waals surface area contributed by atoms with Crippen LogP contribution in [0.5, 0.6) is 0 Å². The summed E-state index contributed by atoms with van der Waals surface area (Å²) in [5.41, 5.74) is 3.63. The first-order valence-corrected chi connectivity index (χ1v) is 11.1. The summed E-state index contributed by atoms with van der Waals surface area (Å²) in [6.45, 7) is 3.40. The van der Waals surface area contributed by atoms with Gasteiger partial charge in [-0.05, 0) is 25.7 Å². The highest BCUT2D eigenvalue weighted by Gasteiger charge is 2.28. The number of rotatable bonds is 4. The van der Waals surface area contributed by atoms with Gasteiger partial charge in [-0.1, -0.05) is 0 Å². The monoisotopic (exact) mass is 425 g/mol. The van der Waals surface area contributed by atoms with Crippen molar-refractivity contribution in [1.82, 2.24) is 29.7 Å². The lowest BCUT2D eigenvalue weighted by molar-refractivity contribution is -0.131. The van der Waals surface area contributed by atoms with E-state index in [0.717, 1.165) is 37.3 Å². The van der Waals surface area contributed by atoms with Crippen molar-refractivity contribution in [2.24, 2.45) is 0 Å². The maximum Gasteiger partial charge on any atom is 0.324 e. The fourth-order valence-electron chi connectivity index (χ4n) is 4.75. The molecule has 0 bridgehead atoms. The van der Waals surface area contributed by atoms with Gasteiger partial charge in [-0.15, -0.1) is 0 Å². The van der Waals surface area contributed by atoms with Gasteiger partial charge in [0.2, 0.25) is 11.8 Å². The van der Waals surface area contributed by atoms with E-state index in [4.69, 9.17) is 5.10 Å². The quantitative estimate of drug-likeness (QED) is 0.769. The van der Waals surface area contributed by atoms with Crippen LogP contribution in [0.15, 0.2) is 12.4 Å². The van der Waals surface area contributed by atoms with Crippen molar-refractivity contribution < 1.29 is 14.4 Å². The molecule has 2 aromatic heterocycles. The third kappa shape index (κ3) is 3.82. The predicted octanol–water partition coefficient (Wildman–Crippen LogP) is 0.589. The van der Waals surface area contributed by atoms with Gasteiger partial charge in [-0.2, -0.15) is 5.10 Å². The summed E-state index contributed by atoms with van der Waals surface area (Å²) in [5, 5.41) is 7.05. The molecule has 0 unspecified atom stereocenters. The Bertz CT molecular complexity index is 1030. The lowest BCUT2D eigenvalue weighted by Crippen LogP contribution is -2.52. The van der Waals surface area contributed by atoms with Crippen LogP contribution in [0.2, 0.25) is 0 Å². The summed E-state index contributed by atoms with van der Waals surface area (Å²) < 4.78 is 1.96. The van der Waals surface area contributed by atoms with Gasteiger partial charge in [0, 0.05) is 70.1 Å². The second-order valence-electron chi connectivity index (χ2n) is 8.38. The van der Waals surface area contributed by atoms with E-state index in [2.05, 4.69) is 15.2 Å². The van der Waals surface area contributed by atoms with Gasteiger partial charge in [0.05, 0.1) is 5.69 Å². The van der Waals surface area contributed by atoms with Gasteiger partial charge in [0.15, 0.2) is 5.82 Å². The standard InChI is InChI=1S/C21H27N7O3/c29-17-5-8-27(21(31)23-17)9-6-18(30)25-11-13-26(14-12-25)20-19-15-3-1-2-4-16(15)24-28(19)10-7-22-20/h7,10H,1-6,8-9,11-14H2,(H,23,29,31). The zero-order valence-corrected chi connectivity index (χ0v) is 17.5. The number of aromatic nitrogens is 3. The molecule has 2 aliphatic heterocycles. The van der Waals surface area contributed by atoms with E-state index in [0.29, 0.717) is 26.2 Å². The van der Waals surface area contributed by atoms with Gasteiger partial charge >= 0.3 is 6.03 Å². The number of carbonyl (C=O) groups is 3. The molecule has 2 fully saturated rings. The van der Waals surface area contributed by atoms with Crippen molar-refractivity contribution in [3.8, 4) is 0 Å². The Morgan fingerprint density at radius 3 is 2.65 bits per heavy atom. The number of piperazine rings is 1. The van der Waals surface area contributed by atoms with E-state index in [1.54, 1.807) is 6.20 Å². The van der Waals surface area contributed by atoms with Crippen LogP contribution in [0, 0.1) is 0 Å². The first-order chi connectivity index (χ1) is 15.1. The van der Waals surface area contributed by atoms with Gasteiger partial charge in [0.1, 0.15) is 5.52 Å². The Morgan fingerprint density at radius 1 is 1.03 bits per heavy atom. The average Bonchev–Trinajstić information content (AvgIpc) is 3.17. The largest absolute Gasteiger partial charge is 0.351 e. The second kappa shape index (κ2) is 8.16. The zero-order valence-electron chi connectivity index (χ0n) is 17.5. The normalized spacial score (nSPS) is 19.5. The van der Waals surface area contributed by atoms with Crippen molar-refractivity contribution >= 4 is 29.2 Å². The van der Waals surface area contributed by atoms with E-state index in [-0.39, 0.29) is 24.7 Å². The number of nitrogens with one attached hydrogen (secondary N) is 1. The number of imide groups is 1. The van der Waals surface area contributed by atoms with E-state index in [9.17, 15) is 14.4 Å². The molecule has 164 valence electrons. The van der Waals surface area contributed by atoms with E-state index in [1.165, 1.54) is 29.0 Å². The van der Waals surface area contributed by atoms with Gasteiger partial charge in [-0.25, -0.2) is 14.3 Å². The number of hydrogen-bond donors (Lipinski definition) is 1. The number of amides is 4. The smallest absolute Gasteiger partial charge is 0.324 e. The van der Waals surface area contributed by atoms with Crippen LogP contribution >= 0.6 is 0 Å². The second-order valence-corrected chi connectivity index (χ2v) is 8.38. The number of nitrogens with zero attached hydrogens (tertiary/aromatic N) is 6. The van der Waals surface area contributed by atoms with Crippen LogP contribution in [0.4, 0.5) is 10.6 Å². The highest BCUT2D eigenvalue weighted by molar-refractivity contribution is 5.96. The molecule has 5 rings (SSSR count). The minimum absolute atomic E-state index is 0.0391. The molecule has 10 heteroatoms. The van der Waals surface area contributed by atoms with Crippen LogP contribution in [0.3, 0.4) is 0 Å². The molecule has 0 aromatic carbocycles. The Kier molecular flexibility index (Phi) is 5.21. The molecule has 10 nitrogen and oxygen atoms in total. The fourth-order valence-corrected chi connectivity index (χ4v) is 4.75. The van der Waals surface area contributed by atoms with Crippen molar-refractivity contribution in [2.45, 2.75) is 38.5 Å². The third-order valence-electron chi connectivity index (χ3n) is 6.47. The molecular weight excluding hydrogens is 398 g/mol. The van der Waals surface area contributed by atoms with Crippen molar-refractivity contribution in [3.05, 3.63) is 23.7 Å². The SMILES string of the molecule is O=C1CCN(CCC(=O)N2CCN(c3nccn4nc5c(c34)CCCC5)CC2)C(=O)N1. The fraction of sp³-hybridized carbons (Fsp3) is 0.571. The molecule has 1 aliphatic carbocycles. The minimum Gasteiger partial charge on any atom is -0.351 e. The van der Waals surface area contributed by atoms with E-state index < -0.39 is 6.03 Å². The first-order valence-electron chi connectivity index (χ1n) is 11.1. The molecule has 3 aliphatic rings. The maximum atomic E-state index is 12.7. The van der Waals surface area contributed by atoms with Crippen molar-refractivity contribution in [1.29, 1.82) is 0 Å². The molecule has 0 spiro atoms. The van der Waals surface area contributed by atoms with Crippen LogP contribution in [0.25, 0.3) is 5.52 Å². The van der Waals surface area contributed by atoms with E-state index in [1.807, 2.05) is 15.6 Å². The zero-order chi connectivity index (χ0) is 21.4. The number of aryl methyl sites for hydroxylation is 2. The Labute approximate surface area is 180 Å². The molecule has 0 saturated carbocycles. The maximum absolute atomic E-state index is 12.7. The molecule has 0 atom stereocenters. The van der Waals surface area contributed by atoms with Gasteiger partial charge in [0.25, 0.3) is 0 Å². The van der Waals surface area contributed by atoms with Crippen molar-refractivity contribution in [3.63, 3.8) is 0 Å². The summed E-state index contributed by atoms with van der Waals surface area (Å²) in [4.78, 5) is 46.1. The van der Waals surface area contributed by atoms with Crippen LogP contribution in [0.1, 0.15) is 36.9 Å². The topological polar surface area (TPSA) is 103 Å². The van der Waals surface area contributed by atoms with Crippen LogP contribution in [-0.2, 0) is 22.4 Å². The third-order valence-corrected chi connectivity index (χ3v) is 6.47. The first kappa shape index (κ1) is 19.8. The Hall–Kier alpha value is -3.17. The molecular formula is C21H27N7O3. The van der Waals surface area contributed by atoms with Crippen LogP contribution in [-0.4, -0.2) is 81.5 Å². The average molecular weight is 425 g/mol. The van der Waals surface area contributed by atoms with Gasteiger partial charge < -0.3 is 14.7 Å². The molecule has 4 amide bonds. The number of hydrogen-bond acceptors (Lipinski definition) is 6. The lowest BCUT2D eigenvalue weighted by atomic mass is 9.97. The summed E-state index contributed by atoms with van der Waals surface area (Å²) in [5.74, 6) is 0.740. The highest BCUT2D eigenvalue weighted by Crippen LogP contribution is 2.30. The lowest BCUT2D eigenvalue weighted by Gasteiger charge is -2.36. The molecule has 2 saturated heterocycles. The molecule has 4 heterocycles. The number of carbonyl (C=O) groups excluding carboxylic acids is 3. The molecule has 31 heavy (non-hydrogen) atoms. The Morgan fingerprint density at radius 2 is 1.84 bits per heavy atom. The molecule has 1 N–H and O–H groups in total. The van der Waals surface area contributed by atoms with Gasteiger partial charge in [-0.3, -0.25) is 14.9 Å². The molecule has 2 aromatic rings. The van der Waals surface area contributed by atoms with Crippen LogP contribution < -0.4 is 10.2 Å². The Balaban J connectivity index is 1.21. The highest BCUT2D eigenvalue weighted by atomic mass is 16.2. The molecule has 0 radical (unpaired) electrons. The van der Waals surface area contributed by atoms with Crippen molar-refractivity contribution in [2.75, 3.05) is 44.2 Å². The number of anilines is 1. The van der Waals surface area contributed by atoms with E-state index >= 15 is 0 Å². The summed E-state index contributed by atoms with van der Waals surface area (Å²) in [6.07, 6.45) is 8.73. The number of fused-ring (bicyclic) bond motifs is 3. The summed E-state index contributed by atoms with van der Waals surface area (Å²) in [7, 11) is 0. The summed E-state index contributed by atoms with van der Waals surface area (Å²) in [6, 6.07) is -0.405. The summed E-state index contributed by atoms with van der Waals surface area (Å²) >= 11 is 0. The number of urea groups is 1. The predicted molar refractivity (Wildman–Crippen MR) is 113 cm³/mol. The minimum atomic E-state index is -0.405.